The van der Waals surface area contributed by atoms with Gasteiger partial charge in [0, 0.05) is 0 Å². The van der Waals surface area contributed by atoms with Gasteiger partial charge in [0.05, 0.1) is 0 Å². The average molecular weight is 180 g/mol. The Morgan fingerprint density at radius 3 is 1.00 bits per heavy atom. The fourth-order valence-electron chi connectivity index (χ4n) is 0. The van der Waals surface area contributed by atoms with Crippen LogP contribution in [-0.4, -0.2) is 12.1 Å². The Hall–Kier alpha value is -1.54. The molecule has 0 fully saturated rings. The molecule has 4 amide bonds. The molecule has 0 aromatic heterocycles. The Morgan fingerprint density at radius 1 is 0.917 bits per heavy atom. The summed E-state index contributed by atoms with van der Waals surface area (Å²) in [6.45, 7) is 4.00. The molecular weight excluding hydrogens is 164 g/mol. The van der Waals surface area contributed by atoms with E-state index >= 15 is 0 Å². The predicted octanol–water partition coefficient (Wildman–Crippen LogP) is -1.92. The number of hydrogen-bond acceptors (Lipinski definition) is 4. The highest BCUT2D eigenvalue weighted by molar-refractivity contribution is 5.70. The van der Waals surface area contributed by atoms with Crippen LogP contribution < -0.4 is 34.0 Å². The van der Waals surface area contributed by atoms with E-state index in [2.05, 4.69) is 23.2 Å². The number of carbonyl (C=O) groups excluding carboxylic acids is 2. The monoisotopic (exact) mass is 180 g/mol. The Labute approximate surface area is 70.6 Å². The van der Waals surface area contributed by atoms with Crippen LogP contribution in [0.3, 0.4) is 0 Å². The third-order valence-corrected chi connectivity index (χ3v) is 0.285. The Morgan fingerprint density at radius 2 is 1.00 bits per heavy atom. The lowest BCUT2D eigenvalue weighted by Gasteiger charge is -1.81. The van der Waals surface area contributed by atoms with Gasteiger partial charge in [0.1, 0.15) is 0 Å². The van der Waals surface area contributed by atoms with Crippen LogP contribution in [0.2, 0.25) is 0 Å². The van der Waals surface area contributed by atoms with Gasteiger partial charge in [-0.2, -0.15) is 0 Å². The maximum absolute atomic E-state index is 9.35. The maximum atomic E-state index is 9.35. The van der Waals surface area contributed by atoms with Gasteiger partial charge in [0.15, 0.2) is 0 Å². The summed E-state index contributed by atoms with van der Waals surface area (Å²) in [5.41, 5.74) is 12.2. The van der Waals surface area contributed by atoms with Crippen LogP contribution in [0.5, 0.6) is 0 Å². The van der Waals surface area contributed by atoms with Crippen molar-refractivity contribution in [2.45, 2.75) is 13.8 Å². The molecule has 10 N–H and O–H groups in total. The van der Waals surface area contributed by atoms with E-state index in [4.69, 9.17) is 0 Å². The number of amides is 4. The van der Waals surface area contributed by atoms with Gasteiger partial charge in [-0.15, -0.1) is 0 Å². The summed E-state index contributed by atoms with van der Waals surface area (Å²) in [6, 6.07) is -1.44. The molecule has 0 saturated carbocycles. The zero-order valence-electron chi connectivity index (χ0n) is 7.13. The predicted molar refractivity (Wildman–Crippen MR) is 45.2 cm³/mol. The number of hydrogen-bond donors (Lipinski definition) is 6. The summed E-state index contributed by atoms with van der Waals surface area (Å²) in [4.78, 5) is 18.7. The van der Waals surface area contributed by atoms with Crippen LogP contribution >= 0.6 is 0 Å². The summed E-state index contributed by atoms with van der Waals surface area (Å²) < 4.78 is 0. The van der Waals surface area contributed by atoms with Crippen LogP contribution in [0.25, 0.3) is 0 Å². The van der Waals surface area contributed by atoms with Gasteiger partial charge in [-0.3, -0.25) is 10.9 Å². The van der Waals surface area contributed by atoms with E-state index < -0.39 is 12.1 Å². The molecule has 0 spiro atoms. The molecular formula is C4H16N6O2. The lowest BCUT2D eigenvalue weighted by Crippen LogP contribution is -2.34. The maximum Gasteiger partial charge on any atom is 0.326 e. The normalized spacial score (nSPS) is 6.00. The van der Waals surface area contributed by atoms with Crippen LogP contribution in [0.15, 0.2) is 0 Å². The Kier molecular flexibility index (Phi) is 22.7. The third kappa shape index (κ3) is 77.8. The number of nitrogens with one attached hydrogen (secondary N) is 2. The molecule has 0 aromatic rings. The highest BCUT2D eigenvalue weighted by Gasteiger charge is 1.73. The third-order valence-electron chi connectivity index (χ3n) is 0.285. The van der Waals surface area contributed by atoms with Crippen molar-refractivity contribution < 1.29 is 9.59 Å². The average Bonchev–Trinajstić information content (AvgIpc) is 2.09. The van der Waals surface area contributed by atoms with E-state index in [0.717, 1.165) is 0 Å². The van der Waals surface area contributed by atoms with Crippen LogP contribution in [0.1, 0.15) is 13.8 Å². The minimum absolute atomic E-state index is 0.718. The molecule has 0 bridgehead atoms. The van der Waals surface area contributed by atoms with E-state index in [1.165, 1.54) is 0 Å². The molecule has 12 heavy (non-hydrogen) atoms. The molecule has 8 heteroatoms. The number of primary amides is 2. The molecule has 0 rings (SSSR count). The largest absolute Gasteiger partial charge is 0.351 e. The van der Waals surface area contributed by atoms with E-state index in [1.807, 2.05) is 13.8 Å². The number of rotatable bonds is 0. The van der Waals surface area contributed by atoms with Crippen molar-refractivity contribution in [3.8, 4) is 0 Å². The molecule has 0 atom stereocenters. The van der Waals surface area contributed by atoms with Gasteiger partial charge >= 0.3 is 12.1 Å². The smallest absolute Gasteiger partial charge is 0.326 e. The van der Waals surface area contributed by atoms with Crippen LogP contribution in [0, 0.1) is 0 Å². The molecule has 0 saturated heterocycles. The van der Waals surface area contributed by atoms with Crippen molar-refractivity contribution >= 4 is 12.1 Å². The molecule has 8 nitrogen and oxygen atoms in total. The highest BCUT2D eigenvalue weighted by Crippen LogP contribution is 1.35. The summed E-state index contributed by atoms with van der Waals surface area (Å²) in [6.07, 6.45) is 0. The second-order valence-corrected chi connectivity index (χ2v) is 1.02. The molecule has 0 aliphatic heterocycles. The summed E-state index contributed by atoms with van der Waals surface area (Å²) in [5.74, 6) is 8.89. The SMILES string of the molecule is CC.NNC(N)=O.NNC(N)=O. The highest BCUT2D eigenvalue weighted by atomic mass is 16.2. The standard InChI is InChI=1S/C2H6.2CH5N3O/c1-2;2*2-1(5)4-3/h1-2H3;2*3H2,(H3,2,4,5). The van der Waals surface area contributed by atoms with Gasteiger partial charge in [0.25, 0.3) is 0 Å². The van der Waals surface area contributed by atoms with Gasteiger partial charge in [-0.05, 0) is 0 Å². The van der Waals surface area contributed by atoms with Gasteiger partial charge < -0.3 is 11.5 Å². The first-order valence-corrected chi connectivity index (χ1v) is 3.06. The number of hydrazine groups is 2. The van der Waals surface area contributed by atoms with Crippen molar-refractivity contribution in [3.63, 3.8) is 0 Å². The van der Waals surface area contributed by atoms with Crippen molar-refractivity contribution in [1.29, 1.82) is 0 Å². The molecule has 0 aromatic carbocycles. The first-order chi connectivity index (χ1) is 5.54. The van der Waals surface area contributed by atoms with Crippen molar-refractivity contribution in [1.82, 2.24) is 10.9 Å². The molecule has 0 aliphatic carbocycles. The van der Waals surface area contributed by atoms with Gasteiger partial charge in [-0.1, -0.05) is 13.8 Å². The van der Waals surface area contributed by atoms with E-state index in [-0.39, 0.29) is 0 Å². The fraction of sp³-hybridized carbons (Fsp3) is 0.500. The molecule has 0 unspecified atom stereocenters. The minimum Gasteiger partial charge on any atom is -0.351 e. The van der Waals surface area contributed by atoms with Gasteiger partial charge in [0.2, 0.25) is 0 Å². The van der Waals surface area contributed by atoms with Crippen molar-refractivity contribution in [2.24, 2.45) is 23.2 Å². The Bertz CT molecular complexity index is 102. The fourth-order valence-corrected chi connectivity index (χ4v) is 0. The van der Waals surface area contributed by atoms with Crippen molar-refractivity contribution in [2.75, 3.05) is 0 Å². The molecule has 0 radical (unpaired) electrons. The van der Waals surface area contributed by atoms with E-state index in [1.54, 1.807) is 10.9 Å². The zero-order chi connectivity index (χ0) is 10.6. The van der Waals surface area contributed by atoms with Crippen LogP contribution in [-0.2, 0) is 0 Å². The van der Waals surface area contributed by atoms with Crippen LogP contribution in [0.4, 0.5) is 9.59 Å². The van der Waals surface area contributed by atoms with E-state index in [9.17, 15) is 9.59 Å². The van der Waals surface area contributed by atoms with E-state index in [0.29, 0.717) is 0 Å². The number of urea groups is 2. The first-order valence-electron chi connectivity index (χ1n) is 3.06. The molecule has 0 heterocycles. The van der Waals surface area contributed by atoms with Crippen molar-refractivity contribution in [3.05, 3.63) is 0 Å². The molecule has 0 aliphatic rings. The summed E-state index contributed by atoms with van der Waals surface area (Å²) in [5, 5.41) is 0. The lowest BCUT2D eigenvalue weighted by atomic mass is 11.0. The Balaban J connectivity index is -0.000000112. The van der Waals surface area contributed by atoms with Gasteiger partial charge in [-0.25, -0.2) is 21.3 Å². The topological polar surface area (TPSA) is 162 Å². The number of carbonyl (C=O) groups is 2. The zero-order valence-corrected chi connectivity index (χ0v) is 7.13. The minimum atomic E-state index is -0.718. The molecule has 74 valence electrons. The quantitative estimate of drug-likeness (QED) is 0.145. The second kappa shape index (κ2) is 16.2. The second-order valence-electron chi connectivity index (χ2n) is 1.02. The summed E-state index contributed by atoms with van der Waals surface area (Å²) >= 11 is 0. The summed E-state index contributed by atoms with van der Waals surface area (Å²) in [7, 11) is 0. The first kappa shape index (κ1) is 16.8. The lowest BCUT2D eigenvalue weighted by molar-refractivity contribution is 0.248. The number of nitrogens with two attached hydrogens (primary N) is 4.